The van der Waals surface area contributed by atoms with E-state index in [0.29, 0.717) is 5.57 Å². The quantitative estimate of drug-likeness (QED) is 0.873. The summed E-state index contributed by atoms with van der Waals surface area (Å²) in [7, 11) is 0. The predicted octanol–water partition coefficient (Wildman–Crippen LogP) is 1.69. The van der Waals surface area contributed by atoms with Crippen molar-refractivity contribution in [3.05, 3.63) is 52.0 Å². The van der Waals surface area contributed by atoms with Crippen LogP contribution in [0.3, 0.4) is 0 Å². The van der Waals surface area contributed by atoms with Crippen molar-refractivity contribution in [2.24, 2.45) is 0 Å². The highest BCUT2D eigenvalue weighted by Crippen LogP contribution is 2.19. The van der Waals surface area contributed by atoms with Gasteiger partial charge in [0, 0.05) is 4.47 Å². The fourth-order valence-corrected chi connectivity index (χ4v) is 1.85. The van der Waals surface area contributed by atoms with Crippen LogP contribution in [0.4, 0.5) is 0 Å². The number of aliphatic hydroxyl groups is 2. The summed E-state index contributed by atoms with van der Waals surface area (Å²) in [5.74, 6) is -0.451. The third-order valence-electron chi connectivity index (χ3n) is 2.58. The van der Waals surface area contributed by atoms with Crippen molar-refractivity contribution in [1.29, 1.82) is 0 Å². The first kappa shape index (κ1) is 12.2. The van der Waals surface area contributed by atoms with Crippen molar-refractivity contribution in [3.63, 3.8) is 0 Å². The zero-order chi connectivity index (χ0) is 12.4. The average Bonchev–Trinajstić information content (AvgIpc) is 2.56. The number of carbonyl (C=O) groups is 1. The van der Waals surface area contributed by atoms with E-state index in [9.17, 15) is 15.0 Å². The molecule has 2 atom stereocenters. The lowest BCUT2D eigenvalue weighted by Crippen LogP contribution is -2.27. The molecule has 0 fully saturated rings. The number of rotatable bonds is 2. The van der Waals surface area contributed by atoms with E-state index in [2.05, 4.69) is 15.9 Å². The first-order chi connectivity index (χ1) is 8.08. The minimum Gasteiger partial charge on any atom is -0.385 e. The molecular weight excluding hydrogens is 284 g/mol. The molecular formula is C13H11BrO3. The van der Waals surface area contributed by atoms with Crippen molar-refractivity contribution in [2.75, 3.05) is 0 Å². The van der Waals surface area contributed by atoms with E-state index >= 15 is 0 Å². The summed E-state index contributed by atoms with van der Waals surface area (Å²) in [6.07, 6.45) is 2.26. The molecule has 2 rings (SSSR count). The van der Waals surface area contributed by atoms with Gasteiger partial charge >= 0.3 is 0 Å². The molecule has 0 saturated carbocycles. The lowest BCUT2D eigenvalue weighted by molar-refractivity contribution is -0.124. The monoisotopic (exact) mass is 294 g/mol. The average molecular weight is 295 g/mol. The fraction of sp³-hybridized carbons (Fsp3) is 0.154. The topological polar surface area (TPSA) is 57.5 Å². The zero-order valence-electron chi connectivity index (χ0n) is 8.88. The Labute approximate surface area is 107 Å². The Morgan fingerprint density at radius 2 is 1.71 bits per heavy atom. The van der Waals surface area contributed by atoms with Crippen LogP contribution in [0.1, 0.15) is 5.56 Å². The number of hydrogen-bond acceptors (Lipinski definition) is 3. The van der Waals surface area contributed by atoms with Crippen LogP contribution in [0.25, 0.3) is 6.08 Å². The van der Waals surface area contributed by atoms with Gasteiger partial charge in [0.1, 0.15) is 12.2 Å². The van der Waals surface area contributed by atoms with Gasteiger partial charge < -0.3 is 10.2 Å². The molecule has 0 heterocycles. The van der Waals surface area contributed by atoms with Crippen molar-refractivity contribution >= 4 is 27.8 Å². The molecule has 1 aromatic rings. The van der Waals surface area contributed by atoms with E-state index < -0.39 is 18.0 Å². The van der Waals surface area contributed by atoms with Gasteiger partial charge in [0.05, 0.1) is 0 Å². The zero-order valence-corrected chi connectivity index (χ0v) is 10.5. The number of halogens is 1. The van der Waals surface area contributed by atoms with Gasteiger partial charge in [-0.05, 0) is 29.3 Å². The molecule has 88 valence electrons. The van der Waals surface area contributed by atoms with Gasteiger partial charge in [-0.3, -0.25) is 4.79 Å². The Kier molecular flexibility index (Phi) is 3.57. The molecule has 0 radical (unpaired) electrons. The van der Waals surface area contributed by atoms with Gasteiger partial charge in [0.25, 0.3) is 0 Å². The standard InChI is InChI=1S/C13H11BrO3/c14-10-5-2-8(3-6-10)1-4-9-7-11(15)13(17)12(9)16/h1-7,12-13,16-17H/b4-1+/t12-,13-/m0/s1. The number of carbonyl (C=O) groups excluding carboxylic acids is 1. The molecule has 0 amide bonds. The first-order valence-corrected chi connectivity index (χ1v) is 5.92. The van der Waals surface area contributed by atoms with E-state index in [0.717, 1.165) is 10.0 Å². The molecule has 0 aliphatic heterocycles. The van der Waals surface area contributed by atoms with Crippen molar-refractivity contribution in [3.8, 4) is 0 Å². The first-order valence-electron chi connectivity index (χ1n) is 5.13. The molecule has 2 N–H and O–H groups in total. The Bertz CT molecular complexity index is 488. The lowest BCUT2D eigenvalue weighted by Gasteiger charge is -2.07. The number of benzene rings is 1. The highest BCUT2D eigenvalue weighted by Gasteiger charge is 2.31. The Balaban J connectivity index is 2.14. The normalized spacial score (nSPS) is 24.4. The largest absolute Gasteiger partial charge is 0.385 e. The Morgan fingerprint density at radius 1 is 1.06 bits per heavy atom. The van der Waals surface area contributed by atoms with Gasteiger partial charge in [-0.25, -0.2) is 0 Å². The molecule has 17 heavy (non-hydrogen) atoms. The van der Waals surface area contributed by atoms with E-state index in [1.54, 1.807) is 12.2 Å². The molecule has 1 aliphatic rings. The molecule has 0 aromatic heterocycles. The van der Waals surface area contributed by atoms with E-state index in [4.69, 9.17) is 0 Å². The smallest absolute Gasteiger partial charge is 0.187 e. The van der Waals surface area contributed by atoms with Crippen LogP contribution in [0, 0.1) is 0 Å². The van der Waals surface area contributed by atoms with Crippen LogP contribution in [0.15, 0.2) is 46.5 Å². The second-order valence-corrected chi connectivity index (χ2v) is 4.74. The third-order valence-corrected chi connectivity index (χ3v) is 3.11. The molecule has 0 unspecified atom stereocenters. The highest BCUT2D eigenvalue weighted by atomic mass is 79.9. The SMILES string of the molecule is O=C1C=C(/C=C/c2ccc(Br)cc2)[C@H](O)[C@H]1O. The predicted molar refractivity (Wildman–Crippen MR) is 68.3 cm³/mol. The van der Waals surface area contributed by atoms with Crippen LogP contribution >= 0.6 is 15.9 Å². The number of aliphatic hydroxyl groups excluding tert-OH is 2. The minimum absolute atomic E-state index is 0.436. The lowest BCUT2D eigenvalue weighted by atomic mass is 10.1. The maximum atomic E-state index is 11.1. The second kappa shape index (κ2) is 4.96. The minimum atomic E-state index is -1.32. The summed E-state index contributed by atoms with van der Waals surface area (Å²) in [5, 5.41) is 18.8. The maximum Gasteiger partial charge on any atom is 0.187 e. The van der Waals surface area contributed by atoms with Crippen LogP contribution in [0.5, 0.6) is 0 Å². The van der Waals surface area contributed by atoms with E-state index in [1.165, 1.54) is 6.08 Å². The summed E-state index contributed by atoms with van der Waals surface area (Å²) in [4.78, 5) is 11.1. The molecule has 3 nitrogen and oxygen atoms in total. The van der Waals surface area contributed by atoms with Crippen LogP contribution in [0.2, 0.25) is 0 Å². The molecule has 0 bridgehead atoms. The van der Waals surface area contributed by atoms with Crippen LogP contribution in [-0.2, 0) is 4.79 Å². The van der Waals surface area contributed by atoms with Gasteiger partial charge in [-0.2, -0.15) is 0 Å². The Hall–Kier alpha value is -1.23. The Morgan fingerprint density at radius 3 is 2.24 bits per heavy atom. The highest BCUT2D eigenvalue weighted by molar-refractivity contribution is 9.10. The summed E-state index contributed by atoms with van der Waals surface area (Å²) >= 11 is 3.33. The van der Waals surface area contributed by atoms with Gasteiger partial charge in [-0.1, -0.05) is 40.2 Å². The van der Waals surface area contributed by atoms with Crippen LogP contribution < -0.4 is 0 Å². The summed E-state index contributed by atoms with van der Waals surface area (Å²) in [6.45, 7) is 0. The van der Waals surface area contributed by atoms with Crippen molar-refractivity contribution in [2.45, 2.75) is 12.2 Å². The van der Waals surface area contributed by atoms with E-state index in [-0.39, 0.29) is 0 Å². The van der Waals surface area contributed by atoms with E-state index in [1.807, 2.05) is 24.3 Å². The summed E-state index contributed by atoms with van der Waals surface area (Å²) in [5.41, 5.74) is 1.39. The maximum absolute atomic E-state index is 11.1. The van der Waals surface area contributed by atoms with Gasteiger partial charge in [0.2, 0.25) is 0 Å². The molecule has 0 spiro atoms. The third kappa shape index (κ3) is 2.72. The van der Waals surface area contributed by atoms with Crippen molar-refractivity contribution < 1.29 is 15.0 Å². The van der Waals surface area contributed by atoms with Gasteiger partial charge in [-0.15, -0.1) is 0 Å². The molecule has 4 heteroatoms. The summed E-state index contributed by atoms with van der Waals surface area (Å²) < 4.78 is 0.986. The number of hydrogen-bond donors (Lipinski definition) is 2. The second-order valence-electron chi connectivity index (χ2n) is 3.82. The molecule has 1 aromatic carbocycles. The molecule has 0 saturated heterocycles. The summed E-state index contributed by atoms with van der Waals surface area (Å²) in [6, 6.07) is 7.61. The fourth-order valence-electron chi connectivity index (χ4n) is 1.59. The number of ketones is 1. The van der Waals surface area contributed by atoms with Gasteiger partial charge in [0.15, 0.2) is 5.78 Å². The van der Waals surface area contributed by atoms with Crippen molar-refractivity contribution in [1.82, 2.24) is 0 Å². The molecule has 1 aliphatic carbocycles. The van der Waals surface area contributed by atoms with Crippen LogP contribution in [-0.4, -0.2) is 28.2 Å².